The van der Waals surface area contributed by atoms with Crippen LogP contribution in [0.5, 0.6) is 0 Å². The number of nitrogens with zero attached hydrogens (tertiary/aromatic N) is 4. The summed E-state index contributed by atoms with van der Waals surface area (Å²) in [6.07, 6.45) is 2.04. The Hall–Kier alpha value is -0.680. The number of alkyl halides is 1. The molecule has 1 rings (SSSR count). The van der Waals surface area contributed by atoms with E-state index in [4.69, 9.17) is 16.3 Å². The summed E-state index contributed by atoms with van der Waals surface area (Å²) < 4.78 is 6.92. The number of ether oxygens (including phenoxy) is 1. The standard InChI is InChI=1S/C9H17ClN4O/c1-4-5-8(6-15-3)14-9(7(2)10)11-12-13-14/h7-8H,4-6H2,1-3H3. The number of hydrogen-bond acceptors (Lipinski definition) is 4. The average Bonchev–Trinajstić information content (AvgIpc) is 2.65. The summed E-state index contributed by atoms with van der Waals surface area (Å²) in [7, 11) is 1.68. The molecular weight excluding hydrogens is 216 g/mol. The first-order valence-electron chi connectivity index (χ1n) is 5.11. The maximum Gasteiger partial charge on any atom is 0.169 e. The Morgan fingerprint density at radius 3 is 2.80 bits per heavy atom. The second kappa shape index (κ2) is 6.02. The monoisotopic (exact) mass is 232 g/mol. The fraction of sp³-hybridized carbons (Fsp3) is 0.889. The first-order valence-corrected chi connectivity index (χ1v) is 5.55. The minimum Gasteiger partial charge on any atom is -0.382 e. The highest BCUT2D eigenvalue weighted by atomic mass is 35.5. The quantitative estimate of drug-likeness (QED) is 0.704. The van der Waals surface area contributed by atoms with Crippen molar-refractivity contribution < 1.29 is 4.74 Å². The van der Waals surface area contributed by atoms with Crippen molar-refractivity contribution >= 4 is 11.6 Å². The molecule has 0 fully saturated rings. The van der Waals surface area contributed by atoms with E-state index in [1.54, 1.807) is 11.8 Å². The predicted octanol–water partition coefficient (Wildman–Crippen LogP) is 1.96. The zero-order valence-electron chi connectivity index (χ0n) is 9.35. The van der Waals surface area contributed by atoms with Crippen LogP contribution in [0.1, 0.15) is 43.9 Å². The van der Waals surface area contributed by atoms with Gasteiger partial charge in [-0.25, -0.2) is 4.68 Å². The molecule has 0 aliphatic heterocycles. The molecule has 0 N–H and O–H groups in total. The van der Waals surface area contributed by atoms with Gasteiger partial charge in [-0.15, -0.1) is 16.7 Å². The Morgan fingerprint density at radius 2 is 2.27 bits per heavy atom. The van der Waals surface area contributed by atoms with Gasteiger partial charge < -0.3 is 4.74 Å². The second-order valence-electron chi connectivity index (χ2n) is 3.50. The zero-order valence-corrected chi connectivity index (χ0v) is 10.1. The van der Waals surface area contributed by atoms with Gasteiger partial charge in [0.15, 0.2) is 5.82 Å². The van der Waals surface area contributed by atoms with Crippen molar-refractivity contribution in [2.24, 2.45) is 0 Å². The van der Waals surface area contributed by atoms with Crippen molar-refractivity contribution in [1.29, 1.82) is 0 Å². The van der Waals surface area contributed by atoms with Crippen LogP contribution in [0.15, 0.2) is 0 Å². The van der Waals surface area contributed by atoms with E-state index in [0.717, 1.165) is 12.8 Å². The fourth-order valence-corrected chi connectivity index (χ4v) is 1.67. The fourth-order valence-electron chi connectivity index (χ4n) is 1.52. The third kappa shape index (κ3) is 3.14. The number of aromatic nitrogens is 4. The Balaban J connectivity index is 2.84. The van der Waals surface area contributed by atoms with Gasteiger partial charge >= 0.3 is 0 Å². The molecular formula is C9H17ClN4O. The molecule has 1 heterocycles. The topological polar surface area (TPSA) is 52.8 Å². The summed E-state index contributed by atoms with van der Waals surface area (Å²) in [4.78, 5) is 0. The summed E-state index contributed by atoms with van der Waals surface area (Å²) in [5.74, 6) is 0.701. The molecule has 2 unspecified atom stereocenters. The summed E-state index contributed by atoms with van der Waals surface area (Å²) in [5.41, 5.74) is 0. The van der Waals surface area contributed by atoms with E-state index in [1.807, 2.05) is 6.92 Å². The van der Waals surface area contributed by atoms with Gasteiger partial charge in [0.2, 0.25) is 0 Å². The van der Waals surface area contributed by atoms with Crippen molar-refractivity contribution in [3.63, 3.8) is 0 Å². The van der Waals surface area contributed by atoms with E-state index in [0.29, 0.717) is 12.4 Å². The lowest BCUT2D eigenvalue weighted by molar-refractivity contribution is 0.142. The molecule has 6 heteroatoms. The van der Waals surface area contributed by atoms with Gasteiger partial charge in [-0.3, -0.25) is 0 Å². The molecule has 86 valence electrons. The number of rotatable bonds is 6. The van der Waals surface area contributed by atoms with E-state index in [-0.39, 0.29) is 11.4 Å². The van der Waals surface area contributed by atoms with E-state index in [1.165, 1.54) is 0 Å². The number of methoxy groups -OCH3 is 1. The maximum absolute atomic E-state index is 5.99. The number of hydrogen-bond donors (Lipinski definition) is 0. The predicted molar refractivity (Wildman–Crippen MR) is 57.9 cm³/mol. The van der Waals surface area contributed by atoms with Crippen molar-refractivity contribution in [3.8, 4) is 0 Å². The van der Waals surface area contributed by atoms with Gasteiger partial charge in [0, 0.05) is 7.11 Å². The van der Waals surface area contributed by atoms with Crippen LogP contribution in [0.3, 0.4) is 0 Å². The van der Waals surface area contributed by atoms with E-state index >= 15 is 0 Å². The van der Waals surface area contributed by atoms with Crippen molar-refractivity contribution in [1.82, 2.24) is 20.2 Å². The third-order valence-electron chi connectivity index (χ3n) is 2.20. The van der Waals surface area contributed by atoms with Crippen molar-refractivity contribution in [3.05, 3.63) is 5.82 Å². The van der Waals surface area contributed by atoms with Gasteiger partial charge in [-0.1, -0.05) is 13.3 Å². The van der Waals surface area contributed by atoms with Gasteiger partial charge in [-0.05, 0) is 23.8 Å². The molecule has 2 atom stereocenters. The van der Waals surface area contributed by atoms with E-state index in [2.05, 4.69) is 22.4 Å². The average molecular weight is 233 g/mol. The summed E-state index contributed by atoms with van der Waals surface area (Å²) in [6.45, 7) is 4.59. The molecule has 0 aliphatic rings. The van der Waals surface area contributed by atoms with Gasteiger partial charge in [0.1, 0.15) is 0 Å². The van der Waals surface area contributed by atoms with Crippen LogP contribution in [0.2, 0.25) is 0 Å². The number of halogens is 1. The van der Waals surface area contributed by atoms with E-state index in [9.17, 15) is 0 Å². The largest absolute Gasteiger partial charge is 0.382 e. The maximum atomic E-state index is 5.99. The molecule has 0 radical (unpaired) electrons. The molecule has 0 saturated heterocycles. The molecule has 15 heavy (non-hydrogen) atoms. The Morgan fingerprint density at radius 1 is 1.53 bits per heavy atom. The Bertz CT molecular complexity index is 283. The van der Waals surface area contributed by atoms with Crippen LogP contribution in [-0.4, -0.2) is 33.9 Å². The lowest BCUT2D eigenvalue weighted by atomic mass is 10.2. The molecule has 0 bridgehead atoms. The Labute approximate surface area is 94.8 Å². The lowest BCUT2D eigenvalue weighted by Crippen LogP contribution is -2.19. The smallest absolute Gasteiger partial charge is 0.169 e. The first-order chi connectivity index (χ1) is 7.20. The minimum absolute atomic E-state index is 0.172. The zero-order chi connectivity index (χ0) is 11.3. The summed E-state index contributed by atoms with van der Waals surface area (Å²) in [6, 6.07) is 0.172. The van der Waals surface area contributed by atoms with Gasteiger partial charge in [-0.2, -0.15) is 0 Å². The lowest BCUT2D eigenvalue weighted by Gasteiger charge is -2.17. The molecule has 0 aliphatic carbocycles. The highest BCUT2D eigenvalue weighted by Gasteiger charge is 2.19. The van der Waals surface area contributed by atoms with Crippen LogP contribution >= 0.6 is 11.6 Å². The van der Waals surface area contributed by atoms with Crippen LogP contribution in [-0.2, 0) is 4.74 Å². The highest BCUT2D eigenvalue weighted by molar-refractivity contribution is 6.20. The molecule has 0 aromatic carbocycles. The summed E-state index contributed by atoms with van der Waals surface area (Å²) >= 11 is 5.99. The van der Waals surface area contributed by atoms with Crippen molar-refractivity contribution in [2.45, 2.75) is 38.1 Å². The Kier molecular flexibility index (Phi) is 4.98. The molecule has 0 amide bonds. The van der Waals surface area contributed by atoms with Crippen LogP contribution in [0.25, 0.3) is 0 Å². The van der Waals surface area contributed by atoms with Crippen LogP contribution < -0.4 is 0 Å². The van der Waals surface area contributed by atoms with Crippen LogP contribution in [0, 0.1) is 0 Å². The molecule has 5 nitrogen and oxygen atoms in total. The molecule has 1 aromatic rings. The molecule has 0 spiro atoms. The molecule has 1 aromatic heterocycles. The first kappa shape index (κ1) is 12.4. The van der Waals surface area contributed by atoms with Crippen molar-refractivity contribution in [2.75, 3.05) is 13.7 Å². The van der Waals surface area contributed by atoms with Crippen LogP contribution in [0.4, 0.5) is 0 Å². The SMILES string of the molecule is CCCC(COC)n1nnnc1C(C)Cl. The van der Waals surface area contributed by atoms with Gasteiger partial charge in [0.25, 0.3) is 0 Å². The summed E-state index contributed by atoms with van der Waals surface area (Å²) in [5, 5.41) is 11.3. The van der Waals surface area contributed by atoms with Gasteiger partial charge in [0.05, 0.1) is 18.0 Å². The van der Waals surface area contributed by atoms with E-state index < -0.39 is 0 Å². The molecule has 0 saturated carbocycles. The minimum atomic E-state index is -0.184. The number of tetrazole rings is 1. The third-order valence-corrected chi connectivity index (χ3v) is 2.40. The normalized spacial score (nSPS) is 15.2. The second-order valence-corrected chi connectivity index (χ2v) is 4.15. The highest BCUT2D eigenvalue weighted by Crippen LogP contribution is 2.21.